The number of hydrogen-bond acceptors (Lipinski definition) is 3. The topological polar surface area (TPSA) is 54.9 Å². The zero-order valence-electron chi connectivity index (χ0n) is 13.0. The van der Waals surface area contributed by atoms with Crippen LogP contribution in [0.1, 0.15) is 24.5 Å². The maximum absolute atomic E-state index is 13.7. The monoisotopic (exact) mass is 307 g/mol. The molecule has 1 aromatic rings. The Morgan fingerprint density at radius 2 is 2.27 bits per heavy atom. The lowest BCUT2D eigenvalue weighted by Crippen LogP contribution is -2.40. The molecule has 0 spiro atoms. The van der Waals surface area contributed by atoms with Gasteiger partial charge in [-0.25, -0.2) is 4.39 Å². The van der Waals surface area contributed by atoms with Gasteiger partial charge < -0.3 is 20.1 Å². The molecule has 1 fully saturated rings. The van der Waals surface area contributed by atoms with Crippen LogP contribution in [0.25, 0.3) is 0 Å². The minimum atomic E-state index is -0.253. The van der Waals surface area contributed by atoms with Crippen LogP contribution in [0.4, 0.5) is 4.39 Å². The molecule has 22 heavy (non-hydrogen) atoms. The molecule has 3 rings (SSSR count). The van der Waals surface area contributed by atoms with E-state index in [1.54, 1.807) is 7.05 Å². The van der Waals surface area contributed by atoms with Crippen molar-refractivity contribution in [3.63, 3.8) is 0 Å². The summed E-state index contributed by atoms with van der Waals surface area (Å²) in [5.74, 6) is 2.01. The lowest BCUT2D eigenvalue weighted by molar-refractivity contribution is -0.0172. The molecule has 0 bridgehead atoms. The fourth-order valence-electron chi connectivity index (χ4n) is 2.65. The third-order valence-corrected chi connectivity index (χ3v) is 4.09. The highest BCUT2D eigenvalue weighted by atomic mass is 19.1. The summed E-state index contributed by atoms with van der Waals surface area (Å²) in [7, 11) is 1.76. The summed E-state index contributed by atoms with van der Waals surface area (Å²) in [6, 6.07) is 3.53. The molecule has 1 aliphatic carbocycles. The Bertz CT molecular complexity index is 577. The van der Waals surface area contributed by atoms with Gasteiger partial charge in [-0.3, -0.25) is 4.99 Å². The second-order valence-corrected chi connectivity index (χ2v) is 5.88. The summed E-state index contributed by atoms with van der Waals surface area (Å²) >= 11 is 0. The van der Waals surface area contributed by atoms with Crippen molar-refractivity contribution in [2.45, 2.75) is 32.4 Å². The molecule has 1 saturated carbocycles. The van der Waals surface area contributed by atoms with E-state index in [-0.39, 0.29) is 12.6 Å². The molecule has 2 N–H and O–H groups in total. The molecule has 6 heteroatoms. The second kappa shape index (κ2) is 6.52. The van der Waals surface area contributed by atoms with Gasteiger partial charge in [0.05, 0.1) is 6.61 Å². The Morgan fingerprint density at radius 1 is 1.45 bits per heavy atom. The smallest absolute Gasteiger partial charge is 0.191 e. The van der Waals surface area contributed by atoms with Gasteiger partial charge in [0.25, 0.3) is 0 Å². The molecule has 1 aromatic carbocycles. The third-order valence-electron chi connectivity index (χ3n) is 4.09. The Labute approximate surface area is 129 Å². The highest BCUT2D eigenvalue weighted by molar-refractivity contribution is 5.80. The lowest BCUT2D eigenvalue weighted by atomic mass is 10.1. The first-order chi connectivity index (χ1) is 10.7. The van der Waals surface area contributed by atoms with Crippen LogP contribution in [-0.4, -0.2) is 32.4 Å². The molecule has 0 radical (unpaired) electrons. The predicted molar refractivity (Wildman–Crippen MR) is 82.5 cm³/mol. The molecule has 120 valence electrons. The van der Waals surface area contributed by atoms with Crippen molar-refractivity contribution in [3.8, 4) is 5.75 Å². The molecule has 5 nitrogen and oxygen atoms in total. The average Bonchev–Trinajstić information content (AvgIpc) is 3.21. The van der Waals surface area contributed by atoms with Crippen molar-refractivity contribution in [1.29, 1.82) is 0 Å². The van der Waals surface area contributed by atoms with Gasteiger partial charge in [0.1, 0.15) is 11.6 Å². The summed E-state index contributed by atoms with van der Waals surface area (Å²) in [6.07, 6.45) is 1.85. The zero-order chi connectivity index (χ0) is 15.5. The van der Waals surface area contributed by atoms with E-state index < -0.39 is 0 Å². The van der Waals surface area contributed by atoms with Gasteiger partial charge in [0, 0.05) is 25.2 Å². The minimum Gasteiger partial charge on any atom is -0.467 e. The Kier molecular flexibility index (Phi) is 4.47. The number of aliphatic imine (C=N–C) groups is 1. The number of halogens is 1. The van der Waals surface area contributed by atoms with Gasteiger partial charge in [-0.15, -0.1) is 0 Å². The Hall–Kier alpha value is -1.82. The molecular weight excluding hydrogens is 285 g/mol. The molecule has 0 aromatic heterocycles. The largest absolute Gasteiger partial charge is 0.467 e. The number of fused-ring (bicyclic) bond motifs is 1. The van der Waals surface area contributed by atoms with Crippen molar-refractivity contribution in [1.82, 2.24) is 10.6 Å². The normalized spacial score (nSPS) is 23.5. The van der Waals surface area contributed by atoms with Crippen molar-refractivity contribution in [3.05, 3.63) is 29.1 Å². The third kappa shape index (κ3) is 3.50. The van der Waals surface area contributed by atoms with Crippen LogP contribution in [0.15, 0.2) is 17.1 Å². The van der Waals surface area contributed by atoms with Crippen molar-refractivity contribution >= 4 is 5.96 Å². The highest BCUT2D eigenvalue weighted by Gasteiger charge is 2.33. The standard InChI is InChI=1S/C16H22FN3O2/c1-10-5-14(10)20-16(18-2)19-4-3-11-6-13(17)7-12-8-21-9-22-15(11)12/h6-7,10,14H,3-5,8-9H2,1-2H3,(H2,18,19,20). The number of nitrogens with one attached hydrogen (secondary N) is 2. The number of benzene rings is 1. The van der Waals surface area contributed by atoms with E-state index in [2.05, 4.69) is 22.5 Å². The molecule has 0 saturated heterocycles. The Morgan fingerprint density at radius 3 is 3.00 bits per heavy atom. The van der Waals surface area contributed by atoms with Gasteiger partial charge in [-0.2, -0.15) is 0 Å². The summed E-state index contributed by atoms with van der Waals surface area (Å²) < 4.78 is 24.4. The predicted octanol–water partition coefficient (Wildman–Crippen LogP) is 1.81. The molecule has 2 atom stereocenters. The molecule has 0 amide bonds. The first-order valence-electron chi connectivity index (χ1n) is 7.66. The van der Waals surface area contributed by atoms with E-state index in [4.69, 9.17) is 9.47 Å². The van der Waals surface area contributed by atoms with E-state index in [0.29, 0.717) is 31.5 Å². The molecular formula is C16H22FN3O2. The van der Waals surface area contributed by atoms with E-state index >= 15 is 0 Å². The maximum Gasteiger partial charge on any atom is 0.191 e. The van der Waals surface area contributed by atoms with Gasteiger partial charge in [-0.05, 0) is 36.5 Å². The SMILES string of the molecule is CN=C(NCCc1cc(F)cc2c1OCOC2)NC1CC1C. The summed E-state index contributed by atoms with van der Waals surface area (Å²) in [6.45, 7) is 3.50. The van der Waals surface area contributed by atoms with E-state index in [1.807, 2.05) is 0 Å². The van der Waals surface area contributed by atoms with Crippen LogP contribution in [0.3, 0.4) is 0 Å². The van der Waals surface area contributed by atoms with Crippen LogP contribution in [0.2, 0.25) is 0 Å². The molecule has 1 aliphatic heterocycles. The van der Waals surface area contributed by atoms with Crippen LogP contribution in [0.5, 0.6) is 5.75 Å². The lowest BCUT2D eigenvalue weighted by Gasteiger charge is -2.21. The quantitative estimate of drug-likeness (QED) is 0.658. The summed E-state index contributed by atoms with van der Waals surface area (Å²) in [5, 5.41) is 6.63. The summed E-state index contributed by atoms with van der Waals surface area (Å²) in [5.41, 5.74) is 1.64. The first-order valence-corrected chi connectivity index (χ1v) is 7.66. The highest BCUT2D eigenvalue weighted by Crippen LogP contribution is 2.30. The number of rotatable bonds is 4. The van der Waals surface area contributed by atoms with Crippen LogP contribution < -0.4 is 15.4 Å². The fourth-order valence-corrected chi connectivity index (χ4v) is 2.65. The zero-order valence-corrected chi connectivity index (χ0v) is 13.0. The van der Waals surface area contributed by atoms with E-state index in [1.165, 1.54) is 18.6 Å². The van der Waals surface area contributed by atoms with E-state index in [9.17, 15) is 4.39 Å². The van der Waals surface area contributed by atoms with Gasteiger partial charge >= 0.3 is 0 Å². The van der Waals surface area contributed by atoms with Crippen LogP contribution >= 0.6 is 0 Å². The molecule has 1 heterocycles. The first kappa shape index (κ1) is 15.1. The number of hydrogen-bond donors (Lipinski definition) is 2. The molecule has 2 aliphatic rings. The van der Waals surface area contributed by atoms with Gasteiger partial charge in [-0.1, -0.05) is 6.92 Å². The van der Waals surface area contributed by atoms with Crippen molar-refractivity contribution < 1.29 is 13.9 Å². The number of ether oxygens (including phenoxy) is 2. The van der Waals surface area contributed by atoms with Crippen LogP contribution in [-0.2, 0) is 17.8 Å². The maximum atomic E-state index is 13.7. The average molecular weight is 307 g/mol. The molecule has 2 unspecified atom stereocenters. The van der Waals surface area contributed by atoms with E-state index in [0.717, 1.165) is 22.8 Å². The van der Waals surface area contributed by atoms with Crippen molar-refractivity contribution in [2.24, 2.45) is 10.9 Å². The van der Waals surface area contributed by atoms with Gasteiger partial charge in [0.2, 0.25) is 0 Å². The van der Waals surface area contributed by atoms with Crippen LogP contribution in [0, 0.1) is 11.7 Å². The minimum absolute atomic E-state index is 0.224. The Balaban J connectivity index is 1.58. The number of guanidine groups is 1. The van der Waals surface area contributed by atoms with Gasteiger partial charge in [0.15, 0.2) is 12.8 Å². The fraction of sp³-hybridized carbons (Fsp3) is 0.562. The van der Waals surface area contributed by atoms with Crippen molar-refractivity contribution in [2.75, 3.05) is 20.4 Å². The summed E-state index contributed by atoms with van der Waals surface area (Å²) in [4.78, 5) is 4.21. The number of nitrogens with zero attached hydrogens (tertiary/aromatic N) is 1. The second-order valence-electron chi connectivity index (χ2n) is 5.88.